The van der Waals surface area contributed by atoms with E-state index in [1.807, 2.05) is 25.2 Å². The molecule has 0 spiro atoms. The molecule has 92 valence electrons. The van der Waals surface area contributed by atoms with Crippen molar-refractivity contribution in [2.24, 2.45) is 5.92 Å². The molecule has 1 heterocycles. The van der Waals surface area contributed by atoms with Crippen molar-refractivity contribution in [3.63, 3.8) is 0 Å². The number of carboxylic acids is 1. The maximum atomic E-state index is 10.8. The Morgan fingerprint density at radius 1 is 1.47 bits per heavy atom. The quantitative estimate of drug-likeness (QED) is 0.821. The third-order valence-corrected chi connectivity index (χ3v) is 3.25. The number of nitrogens with zero attached hydrogens (tertiary/aromatic N) is 1. The first kappa shape index (κ1) is 11.9. The van der Waals surface area contributed by atoms with E-state index in [1.165, 1.54) is 5.69 Å². The van der Waals surface area contributed by atoms with Gasteiger partial charge in [0.2, 0.25) is 0 Å². The summed E-state index contributed by atoms with van der Waals surface area (Å²) < 4.78 is 0. The third-order valence-electron chi connectivity index (χ3n) is 3.25. The Hall–Kier alpha value is -1.55. The molecule has 1 aromatic carbocycles. The zero-order valence-electron chi connectivity index (χ0n) is 9.97. The molecule has 1 aliphatic heterocycles. The highest BCUT2D eigenvalue weighted by Gasteiger charge is 2.29. The van der Waals surface area contributed by atoms with Crippen LogP contribution >= 0.6 is 0 Å². The van der Waals surface area contributed by atoms with E-state index in [1.54, 1.807) is 0 Å². The lowest BCUT2D eigenvalue weighted by molar-refractivity contribution is -0.139. The van der Waals surface area contributed by atoms with Crippen molar-refractivity contribution in [1.82, 2.24) is 5.32 Å². The monoisotopic (exact) mass is 234 g/mol. The maximum absolute atomic E-state index is 10.8. The first-order chi connectivity index (χ1) is 8.16. The standard InChI is InChI=1S/C13H18N2O2/c1-15(11-5-3-2-4-6-11)9-10-7-12(13(16)17)14-8-10/h2-6,10,12,14H,7-9H2,1H3,(H,16,17)/t10-,12-/m0/s1. The highest BCUT2D eigenvalue weighted by atomic mass is 16.4. The predicted octanol–water partition coefficient (Wildman–Crippen LogP) is 1.19. The summed E-state index contributed by atoms with van der Waals surface area (Å²) in [6.07, 6.45) is 0.715. The van der Waals surface area contributed by atoms with Crippen molar-refractivity contribution in [3.8, 4) is 0 Å². The van der Waals surface area contributed by atoms with Crippen molar-refractivity contribution >= 4 is 11.7 Å². The molecule has 17 heavy (non-hydrogen) atoms. The van der Waals surface area contributed by atoms with Gasteiger partial charge >= 0.3 is 5.97 Å². The maximum Gasteiger partial charge on any atom is 0.320 e. The number of hydrogen-bond acceptors (Lipinski definition) is 3. The zero-order valence-corrected chi connectivity index (χ0v) is 9.97. The zero-order chi connectivity index (χ0) is 12.3. The molecule has 2 atom stereocenters. The summed E-state index contributed by atoms with van der Waals surface area (Å²) in [4.78, 5) is 13.0. The van der Waals surface area contributed by atoms with Gasteiger partial charge in [-0.2, -0.15) is 0 Å². The highest BCUT2D eigenvalue weighted by molar-refractivity contribution is 5.73. The minimum atomic E-state index is -0.741. The summed E-state index contributed by atoms with van der Waals surface area (Å²) >= 11 is 0. The summed E-state index contributed by atoms with van der Waals surface area (Å²) in [7, 11) is 2.05. The Labute approximate surface area is 101 Å². The molecular weight excluding hydrogens is 216 g/mol. The van der Waals surface area contributed by atoms with E-state index >= 15 is 0 Å². The third kappa shape index (κ3) is 2.97. The molecule has 1 saturated heterocycles. The second-order valence-corrected chi connectivity index (χ2v) is 4.62. The molecule has 2 rings (SSSR count). The summed E-state index contributed by atoms with van der Waals surface area (Å²) in [5.41, 5.74) is 1.17. The van der Waals surface area contributed by atoms with E-state index in [4.69, 9.17) is 5.11 Å². The fourth-order valence-electron chi connectivity index (χ4n) is 2.31. The van der Waals surface area contributed by atoms with Gasteiger partial charge in [-0.25, -0.2) is 0 Å². The molecule has 0 bridgehead atoms. The molecule has 1 aliphatic rings. The van der Waals surface area contributed by atoms with Gasteiger partial charge in [0.25, 0.3) is 0 Å². The normalized spacial score (nSPS) is 23.6. The van der Waals surface area contributed by atoms with Crippen molar-refractivity contribution < 1.29 is 9.90 Å². The molecule has 4 heteroatoms. The minimum Gasteiger partial charge on any atom is -0.480 e. The fraction of sp³-hybridized carbons (Fsp3) is 0.462. The van der Waals surface area contributed by atoms with Gasteiger partial charge in [0, 0.05) is 25.8 Å². The minimum absolute atomic E-state index is 0.371. The van der Waals surface area contributed by atoms with E-state index < -0.39 is 5.97 Å². The van der Waals surface area contributed by atoms with Crippen LogP contribution in [0.25, 0.3) is 0 Å². The van der Waals surface area contributed by atoms with Crippen molar-refractivity contribution in [2.45, 2.75) is 12.5 Å². The second kappa shape index (κ2) is 5.19. The van der Waals surface area contributed by atoms with Crippen LogP contribution in [0, 0.1) is 5.92 Å². The van der Waals surface area contributed by atoms with Gasteiger partial charge in [0.05, 0.1) is 0 Å². The van der Waals surface area contributed by atoms with Crippen LogP contribution in [0.15, 0.2) is 30.3 Å². The Morgan fingerprint density at radius 3 is 2.76 bits per heavy atom. The predicted molar refractivity (Wildman–Crippen MR) is 67.2 cm³/mol. The molecule has 4 nitrogen and oxygen atoms in total. The number of carbonyl (C=O) groups is 1. The average molecular weight is 234 g/mol. The van der Waals surface area contributed by atoms with E-state index in [9.17, 15) is 4.79 Å². The van der Waals surface area contributed by atoms with Crippen LogP contribution < -0.4 is 10.2 Å². The molecule has 0 amide bonds. The number of benzene rings is 1. The second-order valence-electron chi connectivity index (χ2n) is 4.62. The van der Waals surface area contributed by atoms with Gasteiger partial charge in [0.15, 0.2) is 0 Å². The molecule has 0 unspecified atom stereocenters. The van der Waals surface area contributed by atoms with Gasteiger partial charge in [0.1, 0.15) is 6.04 Å². The number of aliphatic carboxylic acids is 1. The Bertz CT molecular complexity index is 380. The number of carboxylic acid groups (broad SMARTS) is 1. The van der Waals surface area contributed by atoms with Crippen LogP contribution in [0.4, 0.5) is 5.69 Å². The smallest absolute Gasteiger partial charge is 0.320 e. The van der Waals surface area contributed by atoms with E-state index in [2.05, 4.69) is 22.3 Å². The number of nitrogens with one attached hydrogen (secondary N) is 1. The number of para-hydroxylation sites is 1. The molecule has 0 saturated carbocycles. The first-order valence-corrected chi connectivity index (χ1v) is 5.89. The van der Waals surface area contributed by atoms with Crippen LogP contribution in [0.2, 0.25) is 0 Å². The van der Waals surface area contributed by atoms with E-state index in [0.717, 1.165) is 13.1 Å². The summed E-state index contributed by atoms with van der Waals surface area (Å²) in [6.45, 7) is 1.68. The molecule has 0 radical (unpaired) electrons. The lowest BCUT2D eigenvalue weighted by atomic mass is 10.0. The highest BCUT2D eigenvalue weighted by Crippen LogP contribution is 2.19. The molecule has 0 aliphatic carbocycles. The van der Waals surface area contributed by atoms with Gasteiger partial charge in [-0.05, 0) is 24.5 Å². The number of hydrogen-bond donors (Lipinski definition) is 2. The fourth-order valence-corrected chi connectivity index (χ4v) is 2.31. The average Bonchev–Trinajstić information content (AvgIpc) is 2.79. The van der Waals surface area contributed by atoms with E-state index in [-0.39, 0.29) is 6.04 Å². The van der Waals surface area contributed by atoms with Crippen LogP contribution in [0.1, 0.15) is 6.42 Å². The first-order valence-electron chi connectivity index (χ1n) is 5.89. The molecule has 0 aromatic heterocycles. The molecular formula is C13H18N2O2. The van der Waals surface area contributed by atoms with Gasteiger partial charge in [-0.15, -0.1) is 0 Å². The SMILES string of the molecule is CN(C[C@@H]1CN[C@H](C(=O)O)C1)c1ccccc1. The van der Waals surface area contributed by atoms with Crippen molar-refractivity contribution in [1.29, 1.82) is 0 Å². The molecule has 1 aromatic rings. The van der Waals surface area contributed by atoms with Crippen LogP contribution in [0.3, 0.4) is 0 Å². The summed E-state index contributed by atoms with van der Waals surface area (Å²) in [6, 6.07) is 9.78. The van der Waals surface area contributed by atoms with Gasteiger partial charge < -0.3 is 15.3 Å². The van der Waals surface area contributed by atoms with Crippen LogP contribution in [0.5, 0.6) is 0 Å². The summed E-state index contributed by atoms with van der Waals surface area (Å²) in [5.74, 6) is -0.337. The van der Waals surface area contributed by atoms with Crippen LogP contribution in [-0.2, 0) is 4.79 Å². The lowest BCUT2D eigenvalue weighted by Gasteiger charge is -2.22. The summed E-state index contributed by atoms with van der Waals surface area (Å²) in [5, 5.41) is 11.9. The molecule has 1 fully saturated rings. The van der Waals surface area contributed by atoms with E-state index in [0.29, 0.717) is 12.3 Å². The lowest BCUT2D eigenvalue weighted by Crippen LogP contribution is -2.30. The number of anilines is 1. The largest absolute Gasteiger partial charge is 0.480 e. The van der Waals surface area contributed by atoms with Gasteiger partial charge in [-0.1, -0.05) is 18.2 Å². The van der Waals surface area contributed by atoms with Crippen molar-refractivity contribution in [2.75, 3.05) is 25.0 Å². The van der Waals surface area contributed by atoms with Crippen LogP contribution in [-0.4, -0.2) is 37.3 Å². The number of rotatable bonds is 4. The Morgan fingerprint density at radius 2 is 2.18 bits per heavy atom. The molecule has 2 N–H and O–H groups in total. The topological polar surface area (TPSA) is 52.6 Å². The Kier molecular flexibility index (Phi) is 3.64. The Balaban J connectivity index is 1.88. The van der Waals surface area contributed by atoms with Gasteiger partial charge in [-0.3, -0.25) is 4.79 Å². The van der Waals surface area contributed by atoms with Crippen molar-refractivity contribution in [3.05, 3.63) is 30.3 Å².